The molecule has 4 N–H and O–H groups in total. The fraction of sp³-hybridized carbons (Fsp3) is 0.423. The zero-order valence-electron chi connectivity index (χ0n) is 20.4. The van der Waals surface area contributed by atoms with E-state index in [9.17, 15) is 14.4 Å². The van der Waals surface area contributed by atoms with Gasteiger partial charge in [-0.15, -0.1) is 0 Å². The fourth-order valence-corrected chi connectivity index (χ4v) is 3.47. The lowest BCUT2D eigenvalue weighted by Gasteiger charge is -2.19. The lowest BCUT2D eigenvalue weighted by Crippen LogP contribution is -2.43. The molecule has 0 fully saturated rings. The van der Waals surface area contributed by atoms with Crippen molar-refractivity contribution in [1.29, 1.82) is 0 Å². The Morgan fingerprint density at radius 1 is 0.912 bits per heavy atom. The van der Waals surface area contributed by atoms with Crippen molar-refractivity contribution in [3.63, 3.8) is 0 Å². The number of rotatable bonds is 12. The molecule has 3 amide bonds. The molecule has 8 nitrogen and oxygen atoms in total. The second-order valence-electron chi connectivity index (χ2n) is 8.87. The summed E-state index contributed by atoms with van der Waals surface area (Å²) in [5.74, 6) is -0.652. The number of carbonyl (C=O) groups is 3. The first-order valence-electron chi connectivity index (χ1n) is 11.6. The van der Waals surface area contributed by atoms with Crippen LogP contribution < -0.4 is 21.0 Å². The first-order chi connectivity index (χ1) is 16.2. The second-order valence-corrected chi connectivity index (χ2v) is 8.87. The van der Waals surface area contributed by atoms with E-state index in [-0.39, 0.29) is 18.2 Å². The van der Waals surface area contributed by atoms with E-state index in [1.807, 2.05) is 55.4 Å². The lowest BCUT2D eigenvalue weighted by atomic mass is 10.0. The molecule has 0 saturated carbocycles. The van der Waals surface area contributed by atoms with Crippen LogP contribution in [0.1, 0.15) is 67.8 Å². The summed E-state index contributed by atoms with van der Waals surface area (Å²) in [6.45, 7) is 4.21. The quantitative estimate of drug-likeness (QED) is 0.213. The molecule has 34 heavy (non-hydrogen) atoms. The monoisotopic (exact) mass is 468 g/mol. The Morgan fingerprint density at radius 2 is 1.56 bits per heavy atom. The summed E-state index contributed by atoms with van der Waals surface area (Å²) in [7, 11) is 3.85. The van der Waals surface area contributed by atoms with Crippen molar-refractivity contribution in [2.75, 3.05) is 24.3 Å². The summed E-state index contributed by atoms with van der Waals surface area (Å²) in [5.41, 5.74) is 4.91. The largest absolute Gasteiger partial charge is 0.378 e. The van der Waals surface area contributed by atoms with Crippen LogP contribution in [0.15, 0.2) is 48.5 Å². The third-order valence-electron chi connectivity index (χ3n) is 5.63. The van der Waals surface area contributed by atoms with Crippen molar-refractivity contribution in [3.8, 4) is 0 Å². The van der Waals surface area contributed by atoms with Gasteiger partial charge in [-0.1, -0.05) is 38.8 Å². The van der Waals surface area contributed by atoms with Crippen LogP contribution >= 0.6 is 0 Å². The van der Waals surface area contributed by atoms with E-state index in [4.69, 9.17) is 5.21 Å². The average molecular weight is 469 g/mol. The highest BCUT2D eigenvalue weighted by Crippen LogP contribution is 2.18. The second kappa shape index (κ2) is 13.3. The molecule has 0 aliphatic rings. The molecule has 0 spiro atoms. The normalized spacial score (nSPS) is 11.6. The van der Waals surface area contributed by atoms with Crippen LogP contribution in [-0.2, 0) is 9.59 Å². The maximum Gasteiger partial charge on any atom is 0.251 e. The number of anilines is 2. The number of amides is 3. The molecule has 2 rings (SSSR count). The third kappa shape index (κ3) is 8.51. The van der Waals surface area contributed by atoms with Crippen LogP contribution in [0, 0.1) is 0 Å². The molecule has 0 heterocycles. The van der Waals surface area contributed by atoms with E-state index < -0.39 is 11.9 Å². The minimum Gasteiger partial charge on any atom is -0.378 e. The van der Waals surface area contributed by atoms with Gasteiger partial charge in [0.15, 0.2) is 0 Å². The Morgan fingerprint density at radius 3 is 2.12 bits per heavy atom. The summed E-state index contributed by atoms with van der Waals surface area (Å²) >= 11 is 0. The predicted octanol–water partition coefficient (Wildman–Crippen LogP) is 4.07. The Balaban J connectivity index is 2.05. The molecule has 0 aromatic heterocycles. The number of nitrogens with zero attached hydrogens (tertiary/aromatic N) is 1. The highest BCUT2D eigenvalue weighted by molar-refractivity contribution is 6.01. The molecule has 0 unspecified atom stereocenters. The van der Waals surface area contributed by atoms with Gasteiger partial charge in [0.2, 0.25) is 11.8 Å². The molecular weight excluding hydrogens is 432 g/mol. The minimum absolute atomic E-state index is 0.208. The minimum atomic E-state index is -0.725. The summed E-state index contributed by atoms with van der Waals surface area (Å²) in [5, 5.41) is 14.4. The summed E-state index contributed by atoms with van der Waals surface area (Å²) in [6, 6.07) is 14.1. The van der Waals surface area contributed by atoms with Crippen LogP contribution in [0.3, 0.4) is 0 Å². The summed E-state index contributed by atoms with van der Waals surface area (Å²) in [6.07, 6.45) is 2.55. The molecule has 0 aliphatic heterocycles. The maximum atomic E-state index is 13.0. The van der Waals surface area contributed by atoms with Gasteiger partial charge in [0.1, 0.15) is 6.04 Å². The van der Waals surface area contributed by atoms with Gasteiger partial charge in [0.05, 0.1) is 0 Å². The molecular formula is C26H36N4O4. The van der Waals surface area contributed by atoms with Gasteiger partial charge in [-0.05, 0) is 60.7 Å². The Kier molecular flexibility index (Phi) is 10.5. The van der Waals surface area contributed by atoms with Gasteiger partial charge in [-0.25, -0.2) is 5.48 Å². The molecule has 0 saturated heterocycles. The SMILES string of the molecule is CC(C)c1ccc(NC(=O)[C@H](CCCCCC(=O)NO)NC(=O)c2ccc(N(C)C)cc2)cc1. The molecule has 2 aromatic rings. The number of benzene rings is 2. The van der Waals surface area contributed by atoms with Crippen LogP contribution in [0.25, 0.3) is 0 Å². The molecule has 0 bridgehead atoms. The number of carbonyl (C=O) groups excluding carboxylic acids is 3. The Labute approximate surface area is 201 Å². The van der Waals surface area contributed by atoms with Gasteiger partial charge >= 0.3 is 0 Å². The van der Waals surface area contributed by atoms with Crippen molar-refractivity contribution in [2.45, 2.75) is 57.9 Å². The van der Waals surface area contributed by atoms with Gasteiger partial charge in [0, 0.05) is 37.5 Å². The van der Waals surface area contributed by atoms with Crippen LogP contribution in [0.2, 0.25) is 0 Å². The van der Waals surface area contributed by atoms with Crippen molar-refractivity contribution in [2.24, 2.45) is 0 Å². The zero-order chi connectivity index (χ0) is 25.1. The first kappa shape index (κ1) is 26.9. The maximum absolute atomic E-state index is 13.0. The summed E-state index contributed by atoms with van der Waals surface area (Å²) in [4.78, 5) is 39.0. The Hall–Kier alpha value is -3.39. The van der Waals surface area contributed by atoms with Gasteiger partial charge in [0.25, 0.3) is 5.91 Å². The van der Waals surface area contributed by atoms with Gasteiger partial charge in [-0.3, -0.25) is 19.6 Å². The molecule has 8 heteroatoms. The van der Waals surface area contributed by atoms with Crippen molar-refractivity contribution in [1.82, 2.24) is 10.8 Å². The van der Waals surface area contributed by atoms with Crippen molar-refractivity contribution >= 4 is 29.1 Å². The molecule has 2 aromatic carbocycles. The molecule has 184 valence electrons. The number of hydroxylamine groups is 1. The fourth-order valence-electron chi connectivity index (χ4n) is 3.47. The standard InChI is InChI=1S/C26H36N4O4/c1-18(2)19-10-14-21(15-11-19)27-26(33)23(8-6-5-7-9-24(31)29-34)28-25(32)20-12-16-22(17-13-20)30(3)4/h10-18,23,34H,5-9H2,1-4H3,(H,27,33)(H,28,32)(H,29,31)/t23-/m0/s1. The number of unbranched alkanes of at least 4 members (excludes halogenated alkanes) is 2. The van der Waals surface area contributed by atoms with Crippen molar-refractivity contribution < 1.29 is 19.6 Å². The van der Waals surface area contributed by atoms with E-state index in [1.54, 1.807) is 17.6 Å². The van der Waals surface area contributed by atoms with E-state index >= 15 is 0 Å². The van der Waals surface area contributed by atoms with E-state index in [0.29, 0.717) is 42.9 Å². The van der Waals surface area contributed by atoms with Crippen LogP contribution in [0.4, 0.5) is 11.4 Å². The van der Waals surface area contributed by atoms with Crippen LogP contribution in [-0.4, -0.2) is 43.1 Å². The first-order valence-corrected chi connectivity index (χ1v) is 11.6. The predicted molar refractivity (Wildman–Crippen MR) is 134 cm³/mol. The highest BCUT2D eigenvalue weighted by Gasteiger charge is 2.21. The smallest absolute Gasteiger partial charge is 0.251 e. The zero-order valence-corrected chi connectivity index (χ0v) is 20.4. The third-order valence-corrected chi connectivity index (χ3v) is 5.63. The highest BCUT2D eigenvalue weighted by atomic mass is 16.5. The van der Waals surface area contributed by atoms with E-state index in [2.05, 4.69) is 24.5 Å². The summed E-state index contributed by atoms with van der Waals surface area (Å²) < 4.78 is 0. The molecule has 1 atom stereocenters. The number of hydrogen-bond donors (Lipinski definition) is 4. The van der Waals surface area contributed by atoms with Crippen LogP contribution in [0.5, 0.6) is 0 Å². The van der Waals surface area contributed by atoms with E-state index in [0.717, 1.165) is 5.69 Å². The molecule has 0 aliphatic carbocycles. The average Bonchev–Trinajstić information content (AvgIpc) is 2.83. The lowest BCUT2D eigenvalue weighted by molar-refractivity contribution is -0.129. The van der Waals surface area contributed by atoms with Gasteiger partial charge in [-0.2, -0.15) is 0 Å². The van der Waals surface area contributed by atoms with Crippen molar-refractivity contribution in [3.05, 3.63) is 59.7 Å². The van der Waals surface area contributed by atoms with Gasteiger partial charge < -0.3 is 15.5 Å². The molecule has 0 radical (unpaired) electrons. The Bertz CT molecular complexity index is 940. The number of nitrogens with one attached hydrogen (secondary N) is 3. The topological polar surface area (TPSA) is 111 Å². The number of hydrogen-bond acceptors (Lipinski definition) is 5. The van der Waals surface area contributed by atoms with E-state index in [1.165, 1.54) is 5.56 Å².